The molecule has 1 rings (SSSR count). The zero-order valence-corrected chi connectivity index (χ0v) is 7.05. The number of hydrogen-bond donors (Lipinski definition) is 1. The molecule has 2 heteroatoms. The maximum Gasteiger partial charge on any atom is 0.122 e. The summed E-state index contributed by atoms with van der Waals surface area (Å²) in [6.07, 6.45) is 5.27. The maximum atomic E-state index is 10.3. The summed E-state index contributed by atoms with van der Waals surface area (Å²) in [6, 6.07) is 0. The summed E-state index contributed by atoms with van der Waals surface area (Å²) in [5.74, 6) is 0.293. The predicted octanol–water partition coefficient (Wildman–Crippen LogP) is 1.52. The summed E-state index contributed by atoms with van der Waals surface area (Å²) < 4.78 is 0. The molecule has 0 aromatic heterocycles. The van der Waals surface area contributed by atoms with Gasteiger partial charge < -0.3 is 9.90 Å². The minimum Gasteiger partial charge on any atom is -0.389 e. The van der Waals surface area contributed by atoms with Gasteiger partial charge in [0.1, 0.15) is 6.29 Å². The van der Waals surface area contributed by atoms with E-state index in [-0.39, 0.29) is 0 Å². The lowest BCUT2D eigenvalue weighted by molar-refractivity contribution is -0.116. The Morgan fingerprint density at radius 3 is 2.91 bits per heavy atom. The molecular formula is C9H16O2. The van der Waals surface area contributed by atoms with E-state index in [4.69, 9.17) is 0 Å². The molecule has 0 radical (unpaired) electrons. The standard InChI is InChI=1S/C9H16O2/c1-8-4-2-3-5-9(8,11)6-7-10/h7-8,11H,2-6H2,1H3. The smallest absolute Gasteiger partial charge is 0.122 e. The van der Waals surface area contributed by atoms with Gasteiger partial charge in [-0.2, -0.15) is 0 Å². The highest BCUT2D eigenvalue weighted by Crippen LogP contribution is 2.35. The van der Waals surface area contributed by atoms with Crippen molar-refractivity contribution in [3.05, 3.63) is 0 Å². The minimum atomic E-state index is -0.681. The lowest BCUT2D eigenvalue weighted by atomic mass is 9.75. The lowest BCUT2D eigenvalue weighted by Gasteiger charge is -2.36. The second-order valence-corrected chi connectivity index (χ2v) is 3.62. The topological polar surface area (TPSA) is 37.3 Å². The van der Waals surface area contributed by atoms with Crippen LogP contribution in [0.25, 0.3) is 0 Å². The van der Waals surface area contributed by atoms with E-state index in [1.54, 1.807) is 0 Å². The van der Waals surface area contributed by atoms with Crippen LogP contribution in [0.5, 0.6) is 0 Å². The summed E-state index contributed by atoms with van der Waals surface area (Å²) in [7, 11) is 0. The van der Waals surface area contributed by atoms with E-state index in [0.717, 1.165) is 25.5 Å². The van der Waals surface area contributed by atoms with Crippen LogP contribution in [0.2, 0.25) is 0 Å². The fourth-order valence-electron chi connectivity index (χ4n) is 1.84. The zero-order valence-electron chi connectivity index (χ0n) is 7.05. The van der Waals surface area contributed by atoms with Gasteiger partial charge in [0.15, 0.2) is 0 Å². The van der Waals surface area contributed by atoms with Crippen molar-refractivity contribution in [3.8, 4) is 0 Å². The normalized spacial score (nSPS) is 38.5. The van der Waals surface area contributed by atoms with Gasteiger partial charge in [-0.25, -0.2) is 0 Å². The molecule has 2 nitrogen and oxygen atoms in total. The molecule has 0 bridgehead atoms. The third kappa shape index (κ3) is 1.80. The largest absolute Gasteiger partial charge is 0.389 e. The van der Waals surface area contributed by atoms with Gasteiger partial charge in [0, 0.05) is 6.42 Å². The van der Waals surface area contributed by atoms with Crippen molar-refractivity contribution < 1.29 is 9.90 Å². The lowest BCUT2D eigenvalue weighted by Crippen LogP contribution is -2.39. The van der Waals surface area contributed by atoms with E-state index in [0.29, 0.717) is 12.3 Å². The fourth-order valence-corrected chi connectivity index (χ4v) is 1.84. The third-order valence-electron chi connectivity index (χ3n) is 2.85. The monoisotopic (exact) mass is 156 g/mol. The molecule has 0 spiro atoms. The van der Waals surface area contributed by atoms with Gasteiger partial charge in [-0.05, 0) is 18.8 Å². The second kappa shape index (κ2) is 3.35. The molecule has 0 heterocycles. The van der Waals surface area contributed by atoms with E-state index in [2.05, 4.69) is 0 Å². The molecule has 1 fully saturated rings. The average Bonchev–Trinajstić information content (AvgIpc) is 1.96. The van der Waals surface area contributed by atoms with Gasteiger partial charge in [0.25, 0.3) is 0 Å². The van der Waals surface area contributed by atoms with Crippen LogP contribution < -0.4 is 0 Å². The highest BCUT2D eigenvalue weighted by molar-refractivity contribution is 5.51. The van der Waals surface area contributed by atoms with Crippen LogP contribution in [-0.2, 0) is 4.79 Å². The van der Waals surface area contributed by atoms with Crippen LogP contribution in [0.15, 0.2) is 0 Å². The molecule has 1 N–H and O–H groups in total. The molecule has 0 aromatic rings. The predicted molar refractivity (Wildman–Crippen MR) is 43.3 cm³/mol. The Kier molecular flexibility index (Phi) is 2.66. The van der Waals surface area contributed by atoms with Crippen LogP contribution in [0.4, 0.5) is 0 Å². The van der Waals surface area contributed by atoms with Gasteiger partial charge in [0.05, 0.1) is 5.60 Å². The van der Waals surface area contributed by atoms with Crippen LogP contribution in [0, 0.1) is 5.92 Å². The van der Waals surface area contributed by atoms with Crippen molar-refractivity contribution in [3.63, 3.8) is 0 Å². The SMILES string of the molecule is CC1CCCCC1(O)CC=O. The van der Waals surface area contributed by atoms with Gasteiger partial charge >= 0.3 is 0 Å². The van der Waals surface area contributed by atoms with Crippen molar-refractivity contribution in [1.29, 1.82) is 0 Å². The molecule has 0 saturated heterocycles. The zero-order chi connectivity index (χ0) is 8.32. The Hall–Kier alpha value is -0.370. The third-order valence-corrected chi connectivity index (χ3v) is 2.85. The van der Waals surface area contributed by atoms with Crippen LogP contribution in [0.1, 0.15) is 39.0 Å². The van der Waals surface area contributed by atoms with Crippen molar-refractivity contribution in [2.45, 2.75) is 44.6 Å². The number of aliphatic hydroxyl groups is 1. The number of hydrogen-bond acceptors (Lipinski definition) is 2. The molecular weight excluding hydrogens is 140 g/mol. The van der Waals surface area contributed by atoms with Crippen LogP contribution in [-0.4, -0.2) is 17.0 Å². The van der Waals surface area contributed by atoms with Crippen molar-refractivity contribution in [2.24, 2.45) is 5.92 Å². The average molecular weight is 156 g/mol. The molecule has 0 aliphatic heterocycles. The highest BCUT2D eigenvalue weighted by atomic mass is 16.3. The molecule has 64 valence electrons. The van der Waals surface area contributed by atoms with Gasteiger partial charge in [-0.3, -0.25) is 0 Å². The Balaban J connectivity index is 2.56. The first-order valence-electron chi connectivity index (χ1n) is 4.35. The quantitative estimate of drug-likeness (QED) is 0.615. The van der Waals surface area contributed by atoms with Gasteiger partial charge in [-0.15, -0.1) is 0 Å². The molecule has 0 amide bonds. The molecule has 11 heavy (non-hydrogen) atoms. The van der Waals surface area contributed by atoms with Crippen molar-refractivity contribution >= 4 is 6.29 Å². The van der Waals surface area contributed by atoms with E-state index in [1.165, 1.54) is 6.42 Å². The highest BCUT2D eigenvalue weighted by Gasteiger charge is 2.35. The fraction of sp³-hybridized carbons (Fsp3) is 0.889. The van der Waals surface area contributed by atoms with E-state index in [1.807, 2.05) is 6.92 Å². The van der Waals surface area contributed by atoms with Gasteiger partial charge in [-0.1, -0.05) is 19.8 Å². The second-order valence-electron chi connectivity index (χ2n) is 3.62. The van der Waals surface area contributed by atoms with Crippen molar-refractivity contribution in [2.75, 3.05) is 0 Å². The molecule has 2 atom stereocenters. The summed E-state index contributed by atoms with van der Waals surface area (Å²) in [6.45, 7) is 2.03. The number of rotatable bonds is 2. The summed E-state index contributed by atoms with van der Waals surface area (Å²) in [5.41, 5.74) is -0.681. The Morgan fingerprint density at radius 2 is 2.36 bits per heavy atom. The first-order chi connectivity index (χ1) is 5.19. The molecule has 1 saturated carbocycles. The summed E-state index contributed by atoms with van der Waals surface area (Å²) in [5, 5.41) is 9.91. The molecule has 1 aliphatic rings. The summed E-state index contributed by atoms with van der Waals surface area (Å²) in [4.78, 5) is 10.3. The number of carbonyl (C=O) groups is 1. The minimum absolute atomic E-state index is 0.293. The first-order valence-corrected chi connectivity index (χ1v) is 4.35. The Bertz CT molecular complexity index is 144. The Labute approximate surface area is 67.6 Å². The first kappa shape index (κ1) is 8.72. The maximum absolute atomic E-state index is 10.3. The number of carbonyl (C=O) groups excluding carboxylic acids is 1. The Morgan fingerprint density at radius 1 is 1.64 bits per heavy atom. The van der Waals surface area contributed by atoms with Crippen molar-refractivity contribution in [1.82, 2.24) is 0 Å². The van der Waals surface area contributed by atoms with Gasteiger partial charge in [0.2, 0.25) is 0 Å². The van der Waals surface area contributed by atoms with E-state index >= 15 is 0 Å². The molecule has 0 aromatic carbocycles. The molecule has 1 aliphatic carbocycles. The van der Waals surface area contributed by atoms with Crippen LogP contribution >= 0.6 is 0 Å². The number of aldehydes is 1. The summed E-state index contributed by atoms with van der Waals surface area (Å²) >= 11 is 0. The van der Waals surface area contributed by atoms with E-state index < -0.39 is 5.60 Å². The molecule has 2 unspecified atom stereocenters. The van der Waals surface area contributed by atoms with Crippen LogP contribution in [0.3, 0.4) is 0 Å². The van der Waals surface area contributed by atoms with E-state index in [9.17, 15) is 9.90 Å².